The molecule has 0 aromatic carbocycles. The summed E-state index contributed by atoms with van der Waals surface area (Å²) in [6.07, 6.45) is -4.90. The summed E-state index contributed by atoms with van der Waals surface area (Å²) in [5.41, 5.74) is 0. The Morgan fingerprint density at radius 2 is 1.67 bits per heavy atom. The Labute approximate surface area is 126 Å². The van der Waals surface area contributed by atoms with Crippen molar-refractivity contribution in [3.05, 3.63) is 0 Å². The summed E-state index contributed by atoms with van der Waals surface area (Å²) in [5, 5.41) is 39.9. The summed E-state index contributed by atoms with van der Waals surface area (Å²) >= 11 is 0. The monoisotopic (exact) mass is 309 g/mol. The molecule has 4 atom stereocenters. The van der Waals surface area contributed by atoms with Crippen molar-refractivity contribution in [1.82, 2.24) is 5.32 Å². The molecule has 0 aromatic heterocycles. The zero-order chi connectivity index (χ0) is 17.0. The lowest BCUT2D eigenvalue weighted by Gasteiger charge is -2.27. The fraction of sp³-hybridized carbons (Fsp3) is 0.929. The van der Waals surface area contributed by atoms with Crippen LogP contribution in [0, 0.1) is 5.92 Å². The van der Waals surface area contributed by atoms with Crippen LogP contribution in [0.2, 0.25) is 0 Å². The normalized spacial score (nSPS) is 16.5. The van der Waals surface area contributed by atoms with E-state index in [1.165, 1.54) is 7.11 Å². The summed E-state index contributed by atoms with van der Waals surface area (Å²) in [7, 11) is 1.25. The first-order valence-corrected chi connectivity index (χ1v) is 7.30. The molecule has 0 bridgehead atoms. The highest BCUT2D eigenvalue weighted by atomic mass is 16.5. The number of carbonyl (C=O) groups is 1. The summed E-state index contributed by atoms with van der Waals surface area (Å²) in [5.74, 6) is -0.0592. The van der Waals surface area contributed by atoms with Crippen molar-refractivity contribution >= 4 is 5.91 Å². The van der Waals surface area contributed by atoms with E-state index in [9.17, 15) is 20.1 Å². The van der Waals surface area contributed by atoms with Crippen LogP contribution in [-0.2, 0) is 9.53 Å². The first kappa shape index (κ1) is 22.5. The molecule has 0 spiro atoms. The van der Waals surface area contributed by atoms with E-state index in [1.54, 1.807) is 0 Å². The molecule has 7 heteroatoms. The Balaban J connectivity index is 0. The molecule has 0 aliphatic rings. The Morgan fingerprint density at radius 3 is 2.05 bits per heavy atom. The van der Waals surface area contributed by atoms with E-state index in [-0.39, 0.29) is 6.42 Å². The molecule has 7 nitrogen and oxygen atoms in total. The summed E-state index contributed by atoms with van der Waals surface area (Å²) in [6.45, 7) is 7.42. The molecule has 0 aliphatic heterocycles. The standard InChI is InChI=1S/C12H25NO6.C2H6/c1-7(2)4-5-9(15)13-12(18)11(17)10(16)8(6-14)19-3;1-2/h7-8,10-12,14,16-18H,4-6H2,1-3H3,(H,13,15);1-2H3. The number of hydrogen-bond donors (Lipinski definition) is 5. The first-order valence-electron chi connectivity index (χ1n) is 7.30. The minimum absolute atomic E-state index is 0.227. The zero-order valence-electron chi connectivity index (χ0n) is 13.6. The van der Waals surface area contributed by atoms with Crippen molar-refractivity contribution in [2.24, 2.45) is 5.92 Å². The number of aliphatic hydroxyl groups excluding tert-OH is 4. The molecular formula is C14H31NO6. The van der Waals surface area contributed by atoms with Crippen LogP contribution in [0.15, 0.2) is 0 Å². The third-order valence-electron chi connectivity index (χ3n) is 2.79. The van der Waals surface area contributed by atoms with Crippen molar-refractivity contribution in [3.63, 3.8) is 0 Å². The largest absolute Gasteiger partial charge is 0.394 e. The Morgan fingerprint density at radius 1 is 1.14 bits per heavy atom. The van der Waals surface area contributed by atoms with Crippen LogP contribution in [0.25, 0.3) is 0 Å². The summed E-state index contributed by atoms with van der Waals surface area (Å²) < 4.78 is 4.73. The van der Waals surface area contributed by atoms with Gasteiger partial charge in [0.1, 0.15) is 18.3 Å². The van der Waals surface area contributed by atoms with Crippen LogP contribution < -0.4 is 5.32 Å². The van der Waals surface area contributed by atoms with Gasteiger partial charge in [0.25, 0.3) is 0 Å². The molecule has 5 N–H and O–H groups in total. The van der Waals surface area contributed by atoms with Gasteiger partial charge in [-0.15, -0.1) is 0 Å². The van der Waals surface area contributed by atoms with Crippen LogP contribution in [0.5, 0.6) is 0 Å². The predicted molar refractivity (Wildman–Crippen MR) is 79.5 cm³/mol. The average Bonchev–Trinajstić information content (AvgIpc) is 2.47. The van der Waals surface area contributed by atoms with Crippen LogP contribution in [-0.4, -0.2) is 64.6 Å². The lowest BCUT2D eigenvalue weighted by atomic mass is 10.1. The number of rotatable bonds is 9. The highest BCUT2D eigenvalue weighted by Gasteiger charge is 2.31. The molecule has 0 aliphatic carbocycles. The quantitative estimate of drug-likeness (QED) is 0.370. The van der Waals surface area contributed by atoms with Crippen LogP contribution in [0.1, 0.15) is 40.5 Å². The van der Waals surface area contributed by atoms with E-state index in [4.69, 9.17) is 9.84 Å². The highest BCUT2D eigenvalue weighted by molar-refractivity contribution is 5.76. The Hall–Kier alpha value is -0.730. The molecule has 1 amide bonds. The fourth-order valence-corrected chi connectivity index (χ4v) is 1.47. The SMILES string of the molecule is CC.COC(CO)C(O)C(O)C(O)NC(=O)CCC(C)C. The van der Waals surface area contributed by atoms with Gasteiger partial charge in [-0.2, -0.15) is 0 Å². The number of amides is 1. The van der Waals surface area contributed by atoms with Gasteiger partial charge in [-0.25, -0.2) is 0 Å². The highest BCUT2D eigenvalue weighted by Crippen LogP contribution is 2.07. The fourth-order valence-electron chi connectivity index (χ4n) is 1.47. The van der Waals surface area contributed by atoms with E-state index in [1.807, 2.05) is 27.7 Å². The van der Waals surface area contributed by atoms with Crippen LogP contribution in [0.4, 0.5) is 0 Å². The van der Waals surface area contributed by atoms with Crippen LogP contribution in [0.3, 0.4) is 0 Å². The minimum Gasteiger partial charge on any atom is -0.394 e. The van der Waals surface area contributed by atoms with Gasteiger partial charge in [0.05, 0.1) is 6.61 Å². The summed E-state index contributed by atoms with van der Waals surface area (Å²) in [6, 6.07) is 0. The van der Waals surface area contributed by atoms with Crippen molar-refractivity contribution in [1.29, 1.82) is 0 Å². The first-order chi connectivity index (χ1) is 9.83. The second-order valence-electron chi connectivity index (χ2n) is 4.88. The minimum atomic E-state index is -1.64. The molecule has 0 aromatic rings. The molecule has 0 heterocycles. The van der Waals surface area contributed by atoms with Gasteiger partial charge < -0.3 is 30.5 Å². The lowest BCUT2D eigenvalue weighted by Crippen LogP contribution is -2.53. The number of methoxy groups -OCH3 is 1. The van der Waals surface area contributed by atoms with Crippen molar-refractivity contribution in [2.45, 2.75) is 65.1 Å². The number of nitrogens with one attached hydrogen (secondary N) is 1. The van der Waals surface area contributed by atoms with E-state index in [2.05, 4.69) is 5.32 Å². The Kier molecular flexibility index (Phi) is 13.9. The molecule has 128 valence electrons. The average molecular weight is 309 g/mol. The van der Waals surface area contributed by atoms with Gasteiger partial charge in [0.15, 0.2) is 6.23 Å². The van der Waals surface area contributed by atoms with Gasteiger partial charge >= 0.3 is 0 Å². The molecule has 0 saturated carbocycles. The number of aliphatic hydroxyl groups is 4. The molecule has 0 radical (unpaired) electrons. The van der Waals surface area contributed by atoms with Gasteiger partial charge in [-0.05, 0) is 12.3 Å². The number of ether oxygens (including phenoxy) is 1. The van der Waals surface area contributed by atoms with Gasteiger partial charge in [0, 0.05) is 13.5 Å². The van der Waals surface area contributed by atoms with E-state index < -0.39 is 37.1 Å². The van der Waals surface area contributed by atoms with Crippen molar-refractivity contribution in [3.8, 4) is 0 Å². The molecule has 4 unspecified atom stereocenters. The summed E-state index contributed by atoms with van der Waals surface area (Å²) in [4.78, 5) is 11.4. The second-order valence-corrected chi connectivity index (χ2v) is 4.88. The smallest absolute Gasteiger partial charge is 0.222 e. The van der Waals surface area contributed by atoms with E-state index in [0.29, 0.717) is 12.3 Å². The molecular weight excluding hydrogens is 278 g/mol. The van der Waals surface area contributed by atoms with Crippen molar-refractivity contribution < 1.29 is 30.0 Å². The third kappa shape index (κ3) is 9.76. The van der Waals surface area contributed by atoms with Gasteiger partial charge in [-0.3, -0.25) is 4.79 Å². The van der Waals surface area contributed by atoms with Gasteiger partial charge in [0.2, 0.25) is 5.91 Å². The number of hydrogen-bond acceptors (Lipinski definition) is 6. The lowest BCUT2D eigenvalue weighted by molar-refractivity contribution is -0.143. The maximum absolute atomic E-state index is 11.4. The second kappa shape index (κ2) is 13.0. The maximum Gasteiger partial charge on any atom is 0.222 e. The van der Waals surface area contributed by atoms with Crippen LogP contribution >= 0.6 is 0 Å². The van der Waals surface area contributed by atoms with Crippen molar-refractivity contribution in [2.75, 3.05) is 13.7 Å². The number of carbonyl (C=O) groups excluding carboxylic acids is 1. The Bertz CT molecular complexity index is 258. The zero-order valence-corrected chi connectivity index (χ0v) is 13.6. The molecule has 21 heavy (non-hydrogen) atoms. The molecule has 0 saturated heterocycles. The topological polar surface area (TPSA) is 119 Å². The van der Waals surface area contributed by atoms with E-state index in [0.717, 1.165) is 0 Å². The maximum atomic E-state index is 11.4. The third-order valence-corrected chi connectivity index (χ3v) is 2.79. The van der Waals surface area contributed by atoms with Gasteiger partial charge in [-0.1, -0.05) is 27.7 Å². The molecule has 0 rings (SSSR count). The van der Waals surface area contributed by atoms with E-state index >= 15 is 0 Å². The molecule has 0 fully saturated rings. The predicted octanol–water partition coefficient (Wildman–Crippen LogP) is -0.388.